The number of amides is 1. The Morgan fingerprint density at radius 3 is 2.63 bits per heavy atom. The molecule has 7 heteroatoms. The lowest BCUT2D eigenvalue weighted by molar-refractivity contribution is -0.154. The van der Waals surface area contributed by atoms with Gasteiger partial charge in [-0.15, -0.1) is 0 Å². The molecule has 2 fully saturated rings. The molecule has 2 heterocycles. The predicted octanol–water partition coefficient (Wildman–Crippen LogP) is 3.75. The minimum atomic E-state index is -1.13. The highest BCUT2D eigenvalue weighted by Gasteiger charge is 2.48. The molecule has 1 aliphatic heterocycles. The highest BCUT2D eigenvalue weighted by Crippen LogP contribution is 2.40. The van der Waals surface area contributed by atoms with Gasteiger partial charge < -0.3 is 15.1 Å². The summed E-state index contributed by atoms with van der Waals surface area (Å²) in [5.74, 6) is 0.856. The number of hydrogen-bond acceptors (Lipinski definition) is 5. The topological polar surface area (TPSA) is 95.7 Å². The number of hydrogen-bond donors (Lipinski definition) is 2. The molecule has 2 aliphatic rings. The van der Waals surface area contributed by atoms with Crippen LogP contribution in [0.25, 0.3) is 11.3 Å². The number of aliphatic hydroxyl groups is 2. The van der Waals surface area contributed by atoms with Crippen LogP contribution in [0.1, 0.15) is 70.8 Å². The summed E-state index contributed by atoms with van der Waals surface area (Å²) in [5, 5.41) is 21.0. The van der Waals surface area contributed by atoms with E-state index in [1.807, 2.05) is 43.0 Å². The minimum absolute atomic E-state index is 0.0763. The van der Waals surface area contributed by atoms with Crippen molar-refractivity contribution in [1.29, 1.82) is 0 Å². The van der Waals surface area contributed by atoms with Crippen LogP contribution in [-0.2, 0) is 17.9 Å². The van der Waals surface area contributed by atoms with Gasteiger partial charge in [0.05, 0.1) is 30.8 Å². The van der Waals surface area contributed by atoms with Gasteiger partial charge >= 0.3 is 0 Å². The van der Waals surface area contributed by atoms with Gasteiger partial charge in [-0.1, -0.05) is 64.2 Å². The van der Waals surface area contributed by atoms with Gasteiger partial charge in [0.2, 0.25) is 5.91 Å². The third-order valence-corrected chi connectivity index (χ3v) is 8.20. The molecule has 1 aromatic heterocycles. The largest absolute Gasteiger partial charge is 0.392 e. The van der Waals surface area contributed by atoms with E-state index in [1.54, 1.807) is 0 Å². The zero-order chi connectivity index (χ0) is 25.1. The van der Waals surface area contributed by atoms with Crippen LogP contribution in [0.4, 0.5) is 0 Å². The smallest absolute Gasteiger partial charge is 0.253 e. The molecule has 1 saturated heterocycles. The zero-order valence-electron chi connectivity index (χ0n) is 21.1. The van der Waals surface area contributed by atoms with Crippen LogP contribution >= 0.6 is 0 Å². The molecule has 0 radical (unpaired) electrons. The summed E-state index contributed by atoms with van der Waals surface area (Å²) in [5.41, 5.74) is 0.117. The Balaban J connectivity index is 1.41. The number of aromatic nitrogens is 2. The number of carbonyl (C=O) groups is 1. The molecule has 1 aliphatic carbocycles. The van der Waals surface area contributed by atoms with Gasteiger partial charge in [-0.05, 0) is 30.4 Å². The molecule has 0 spiro atoms. The van der Waals surface area contributed by atoms with Crippen molar-refractivity contribution in [3.8, 4) is 11.3 Å². The van der Waals surface area contributed by atoms with Crippen molar-refractivity contribution in [3.05, 3.63) is 52.6 Å². The third-order valence-electron chi connectivity index (χ3n) is 8.20. The Bertz CT molecular complexity index is 1090. The fraction of sp³-hybridized carbons (Fsp3) is 0.607. The van der Waals surface area contributed by atoms with Crippen LogP contribution in [0.15, 0.2) is 41.5 Å². The second-order valence-electron chi connectivity index (χ2n) is 11.1. The molecule has 35 heavy (non-hydrogen) atoms. The van der Waals surface area contributed by atoms with Crippen molar-refractivity contribution in [2.75, 3.05) is 13.1 Å². The molecule has 4 rings (SSSR count). The monoisotopic (exact) mass is 481 g/mol. The molecule has 190 valence electrons. The number of aliphatic hydroxyl groups excluding tert-OH is 1. The molecule has 1 saturated carbocycles. The van der Waals surface area contributed by atoms with Crippen LogP contribution in [0.5, 0.6) is 0 Å². The van der Waals surface area contributed by atoms with Crippen molar-refractivity contribution in [2.45, 2.75) is 84.0 Å². The second-order valence-corrected chi connectivity index (χ2v) is 11.1. The summed E-state index contributed by atoms with van der Waals surface area (Å²) < 4.78 is 1.46. The Morgan fingerprint density at radius 1 is 1.17 bits per heavy atom. The average Bonchev–Trinajstić information content (AvgIpc) is 2.86. The molecular weight excluding hydrogens is 442 g/mol. The summed E-state index contributed by atoms with van der Waals surface area (Å²) in [6, 6.07) is 8.77. The Morgan fingerprint density at radius 2 is 1.94 bits per heavy atom. The lowest BCUT2D eigenvalue weighted by Gasteiger charge is -2.50. The number of benzene rings is 1. The maximum Gasteiger partial charge on any atom is 0.253 e. The zero-order valence-corrected chi connectivity index (χ0v) is 21.1. The van der Waals surface area contributed by atoms with Crippen molar-refractivity contribution >= 4 is 5.91 Å². The number of likely N-dealkylation sites (tertiary alicyclic amines) is 1. The van der Waals surface area contributed by atoms with E-state index in [0.717, 1.165) is 17.5 Å². The summed E-state index contributed by atoms with van der Waals surface area (Å²) in [7, 11) is 0. The van der Waals surface area contributed by atoms with Crippen LogP contribution < -0.4 is 5.56 Å². The predicted molar refractivity (Wildman–Crippen MR) is 136 cm³/mol. The van der Waals surface area contributed by atoms with Gasteiger partial charge in [-0.2, -0.15) is 0 Å². The molecular formula is C28H39N3O4. The summed E-state index contributed by atoms with van der Waals surface area (Å²) in [6.07, 6.45) is 9.83. The number of rotatable bonds is 7. The maximum atomic E-state index is 12.9. The average molecular weight is 482 g/mol. The van der Waals surface area contributed by atoms with Crippen molar-refractivity contribution in [3.63, 3.8) is 0 Å². The lowest BCUT2D eigenvalue weighted by Crippen LogP contribution is -2.60. The quantitative estimate of drug-likeness (QED) is 0.628. The highest BCUT2D eigenvalue weighted by atomic mass is 16.3. The van der Waals surface area contributed by atoms with Crippen LogP contribution in [-0.4, -0.2) is 49.3 Å². The first kappa shape index (κ1) is 25.6. The van der Waals surface area contributed by atoms with E-state index in [1.165, 1.54) is 49.1 Å². The van der Waals surface area contributed by atoms with E-state index < -0.39 is 11.0 Å². The SMILES string of the molecule is CC1(C)CN(C(=O)CCC2CCCCC2)CCC1(O)Cn1cnc(-c2cccc(CO)c2)cc1=O. The van der Waals surface area contributed by atoms with Crippen LogP contribution in [0, 0.1) is 11.3 Å². The molecule has 1 atom stereocenters. The minimum Gasteiger partial charge on any atom is -0.392 e. The Hall–Kier alpha value is -2.51. The van der Waals surface area contributed by atoms with Crippen molar-refractivity contribution < 1.29 is 15.0 Å². The van der Waals surface area contributed by atoms with Gasteiger partial charge in [0.25, 0.3) is 5.56 Å². The lowest BCUT2D eigenvalue weighted by atomic mass is 9.69. The number of nitrogens with zero attached hydrogens (tertiary/aromatic N) is 3. The molecule has 7 nitrogen and oxygen atoms in total. The third kappa shape index (κ3) is 5.84. The van der Waals surface area contributed by atoms with E-state index in [0.29, 0.717) is 37.5 Å². The van der Waals surface area contributed by atoms with Crippen LogP contribution in [0.3, 0.4) is 0 Å². The van der Waals surface area contributed by atoms with Gasteiger partial charge in [-0.3, -0.25) is 14.2 Å². The van der Waals surface area contributed by atoms with Crippen LogP contribution in [0.2, 0.25) is 0 Å². The molecule has 1 aromatic carbocycles. The molecule has 0 bridgehead atoms. The Kier molecular flexibility index (Phi) is 7.77. The van der Waals surface area contributed by atoms with E-state index in [2.05, 4.69) is 4.98 Å². The van der Waals surface area contributed by atoms with Gasteiger partial charge in [-0.25, -0.2) is 4.98 Å². The highest BCUT2D eigenvalue weighted by molar-refractivity contribution is 5.76. The second kappa shape index (κ2) is 10.6. The van der Waals surface area contributed by atoms with E-state index in [-0.39, 0.29) is 24.6 Å². The molecule has 1 unspecified atom stereocenters. The molecule has 1 amide bonds. The first-order chi connectivity index (χ1) is 16.7. The number of carbonyl (C=O) groups excluding carboxylic acids is 1. The Labute approximate surface area is 207 Å². The van der Waals surface area contributed by atoms with E-state index in [4.69, 9.17) is 0 Å². The maximum absolute atomic E-state index is 12.9. The fourth-order valence-electron chi connectivity index (χ4n) is 5.64. The van der Waals surface area contributed by atoms with Gasteiger partial charge in [0.1, 0.15) is 0 Å². The van der Waals surface area contributed by atoms with E-state index >= 15 is 0 Å². The summed E-state index contributed by atoms with van der Waals surface area (Å²) in [4.78, 5) is 32.2. The summed E-state index contributed by atoms with van der Waals surface area (Å²) in [6.45, 7) is 4.97. The molecule has 2 aromatic rings. The van der Waals surface area contributed by atoms with Gasteiger partial charge in [0, 0.05) is 36.6 Å². The van der Waals surface area contributed by atoms with Crippen molar-refractivity contribution in [2.24, 2.45) is 11.3 Å². The van der Waals surface area contributed by atoms with Gasteiger partial charge in [0.15, 0.2) is 0 Å². The van der Waals surface area contributed by atoms with Crippen molar-refractivity contribution in [1.82, 2.24) is 14.5 Å². The van der Waals surface area contributed by atoms with E-state index in [9.17, 15) is 19.8 Å². The first-order valence-corrected chi connectivity index (χ1v) is 13.0. The normalized spacial score (nSPS) is 22.8. The molecule has 2 N–H and O–H groups in total. The number of piperidine rings is 1. The standard InChI is InChI=1S/C28H39N3O4/c1-27(2)18-30(25(33)12-11-21-7-4-3-5-8-21)14-13-28(27,35)19-31-20-29-24(16-26(31)34)23-10-6-9-22(15-23)17-32/h6,9-10,15-16,20-21,32,35H,3-5,7-8,11-14,17-19H2,1-2H3. The fourth-order valence-corrected chi connectivity index (χ4v) is 5.64. The summed E-state index contributed by atoms with van der Waals surface area (Å²) >= 11 is 0. The first-order valence-electron chi connectivity index (χ1n) is 13.0.